The molecule has 0 spiro atoms. The Morgan fingerprint density at radius 3 is 2.76 bits per heavy atom. The molecule has 0 radical (unpaired) electrons. The molecule has 25 heavy (non-hydrogen) atoms. The third-order valence-corrected chi connectivity index (χ3v) is 5.54. The molecule has 2 aliphatic rings. The van der Waals surface area contributed by atoms with Crippen molar-refractivity contribution in [1.29, 1.82) is 0 Å². The Bertz CT molecular complexity index is 595. The second-order valence-corrected chi connectivity index (χ2v) is 7.54. The number of aromatic nitrogens is 1. The van der Waals surface area contributed by atoms with E-state index in [1.165, 1.54) is 6.42 Å². The number of aryl methyl sites for hydroxylation is 2. The highest BCUT2D eigenvalue weighted by molar-refractivity contribution is 14.0. The van der Waals surface area contributed by atoms with Crippen LogP contribution in [0.25, 0.3) is 0 Å². The minimum atomic E-state index is 0. The van der Waals surface area contributed by atoms with Gasteiger partial charge in [0.15, 0.2) is 5.96 Å². The largest absolute Gasteiger partial charge is 0.377 e. The Morgan fingerprint density at radius 2 is 2.12 bits per heavy atom. The van der Waals surface area contributed by atoms with Crippen LogP contribution in [-0.2, 0) is 11.3 Å². The number of nitrogens with one attached hydrogen (secondary N) is 2. The summed E-state index contributed by atoms with van der Waals surface area (Å²) in [7, 11) is 0. The first-order chi connectivity index (χ1) is 11.4. The summed E-state index contributed by atoms with van der Waals surface area (Å²) in [5.74, 6) is 2.29. The van der Waals surface area contributed by atoms with Crippen LogP contribution in [0.15, 0.2) is 9.52 Å². The quantitative estimate of drug-likeness (QED) is 0.409. The van der Waals surface area contributed by atoms with E-state index >= 15 is 0 Å². The second-order valence-electron chi connectivity index (χ2n) is 7.54. The standard InChI is InChI=1S/C18H30N4O2.HI/c1-6-19-17(20-10-14-11(2)22-24-12(14)3)21-15-13-8-7-9-23-16(13)18(15,4)5;/h13,15-16H,6-10H2,1-5H3,(H2,19,20,21);1H. The lowest BCUT2D eigenvalue weighted by atomic mass is 9.55. The Morgan fingerprint density at radius 1 is 1.36 bits per heavy atom. The van der Waals surface area contributed by atoms with Crippen molar-refractivity contribution in [2.24, 2.45) is 16.3 Å². The van der Waals surface area contributed by atoms with Gasteiger partial charge >= 0.3 is 0 Å². The van der Waals surface area contributed by atoms with Gasteiger partial charge in [-0.15, -0.1) is 24.0 Å². The van der Waals surface area contributed by atoms with Gasteiger partial charge in [0, 0.05) is 36.1 Å². The number of fused-ring (bicyclic) bond motifs is 1. The van der Waals surface area contributed by atoms with E-state index in [2.05, 4.69) is 36.6 Å². The van der Waals surface area contributed by atoms with E-state index in [-0.39, 0.29) is 29.4 Å². The number of ether oxygens (including phenoxy) is 1. The number of hydrogen-bond donors (Lipinski definition) is 2. The Kier molecular flexibility index (Phi) is 6.75. The van der Waals surface area contributed by atoms with Crippen molar-refractivity contribution in [2.45, 2.75) is 66.2 Å². The fraction of sp³-hybridized carbons (Fsp3) is 0.778. The number of halogens is 1. The van der Waals surface area contributed by atoms with Crippen LogP contribution in [0, 0.1) is 25.2 Å². The highest BCUT2D eigenvalue weighted by atomic mass is 127. The minimum absolute atomic E-state index is 0. The van der Waals surface area contributed by atoms with Crippen LogP contribution < -0.4 is 10.6 Å². The van der Waals surface area contributed by atoms with E-state index in [9.17, 15) is 0 Å². The summed E-state index contributed by atoms with van der Waals surface area (Å²) >= 11 is 0. The predicted octanol–water partition coefficient (Wildman–Crippen LogP) is 3.17. The van der Waals surface area contributed by atoms with E-state index in [1.54, 1.807) is 0 Å². The molecule has 0 amide bonds. The molecule has 3 unspecified atom stereocenters. The van der Waals surface area contributed by atoms with Crippen molar-refractivity contribution in [1.82, 2.24) is 15.8 Å². The smallest absolute Gasteiger partial charge is 0.191 e. The monoisotopic (exact) mass is 462 g/mol. The number of nitrogens with zero attached hydrogens (tertiary/aromatic N) is 2. The summed E-state index contributed by atoms with van der Waals surface area (Å²) in [4.78, 5) is 4.76. The lowest BCUT2D eigenvalue weighted by Crippen LogP contribution is -2.71. The number of rotatable bonds is 4. The molecule has 3 rings (SSSR count). The maximum atomic E-state index is 5.99. The van der Waals surface area contributed by atoms with Gasteiger partial charge in [0.25, 0.3) is 0 Å². The fourth-order valence-electron chi connectivity index (χ4n) is 4.17. The van der Waals surface area contributed by atoms with Crippen LogP contribution in [0.4, 0.5) is 0 Å². The van der Waals surface area contributed by atoms with Crippen LogP contribution >= 0.6 is 24.0 Å². The summed E-state index contributed by atoms with van der Waals surface area (Å²) in [6, 6.07) is 0.394. The molecule has 3 atom stereocenters. The van der Waals surface area contributed by atoms with Crippen molar-refractivity contribution in [3.63, 3.8) is 0 Å². The molecular weight excluding hydrogens is 431 g/mol. The Balaban J connectivity index is 0.00000225. The molecule has 1 aromatic rings. The van der Waals surface area contributed by atoms with Crippen molar-refractivity contribution in [3.8, 4) is 0 Å². The van der Waals surface area contributed by atoms with Crippen molar-refractivity contribution >= 4 is 29.9 Å². The molecule has 2 fully saturated rings. The SMILES string of the molecule is CCNC(=NCc1c(C)noc1C)NC1C2CCCOC2C1(C)C.I. The summed E-state index contributed by atoms with van der Waals surface area (Å²) in [5, 5.41) is 11.0. The van der Waals surface area contributed by atoms with Crippen LogP contribution in [0.3, 0.4) is 0 Å². The van der Waals surface area contributed by atoms with E-state index in [0.717, 1.165) is 42.5 Å². The van der Waals surface area contributed by atoms with Gasteiger partial charge in [0.05, 0.1) is 18.3 Å². The van der Waals surface area contributed by atoms with Crippen LogP contribution in [0.2, 0.25) is 0 Å². The minimum Gasteiger partial charge on any atom is -0.377 e. The van der Waals surface area contributed by atoms with Gasteiger partial charge in [-0.25, -0.2) is 4.99 Å². The van der Waals surface area contributed by atoms with Gasteiger partial charge < -0.3 is 19.9 Å². The maximum absolute atomic E-state index is 5.99. The summed E-state index contributed by atoms with van der Waals surface area (Å²) in [5.41, 5.74) is 2.11. The van der Waals surface area contributed by atoms with Crippen LogP contribution in [0.1, 0.15) is 50.6 Å². The van der Waals surface area contributed by atoms with Gasteiger partial charge in [0.1, 0.15) is 5.76 Å². The molecule has 7 heteroatoms. The zero-order valence-electron chi connectivity index (χ0n) is 15.9. The van der Waals surface area contributed by atoms with Gasteiger partial charge in [-0.05, 0) is 33.6 Å². The van der Waals surface area contributed by atoms with Crippen molar-refractivity contribution < 1.29 is 9.26 Å². The normalized spacial score (nSPS) is 27.7. The average Bonchev–Trinajstić information content (AvgIpc) is 2.88. The summed E-state index contributed by atoms with van der Waals surface area (Å²) in [6.45, 7) is 12.9. The van der Waals surface area contributed by atoms with Crippen molar-refractivity contribution in [3.05, 3.63) is 17.0 Å². The van der Waals surface area contributed by atoms with Gasteiger partial charge in [-0.3, -0.25) is 0 Å². The maximum Gasteiger partial charge on any atom is 0.191 e. The predicted molar refractivity (Wildman–Crippen MR) is 109 cm³/mol. The molecule has 6 nitrogen and oxygen atoms in total. The lowest BCUT2D eigenvalue weighted by Gasteiger charge is -2.60. The lowest BCUT2D eigenvalue weighted by molar-refractivity contribution is -0.188. The first kappa shape index (κ1) is 20.5. The summed E-state index contributed by atoms with van der Waals surface area (Å²) in [6.07, 6.45) is 2.76. The highest BCUT2D eigenvalue weighted by Gasteiger charge is 2.58. The van der Waals surface area contributed by atoms with Crippen LogP contribution in [0.5, 0.6) is 0 Å². The van der Waals surface area contributed by atoms with Gasteiger partial charge in [-0.1, -0.05) is 19.0 Å². The Hall–Kier alpha value is -0.830. The molecule has 2 N–H and O–H groups in total. The third kappa shape index (κ3) is 3.97. The van der Waals surface area contributed by atoms with E-state index in [0.29, 0.717) is 24.6 Å². The highest BCUT2D eigenvalue weighted by Crippen LogP contribution is 2.51. The molecule has 1 aliphatic carbocycles. The Labute approximate surface area is 167 Å². The molecular formula is C18H31IN4O2. The van der Waals surface area contributed by atoms with Crippen LogP contribution in [-0.4, -0.2) is 36.4 Å². The van der Waals surface area contributed by atoms with E-state index in [4.69, 9.17) is 14.3 Å². The molecule has 0 aromatic carbocycles. The molecule has 2 heterocycles. The third-order valence-electron chi connectivity index (χ3n) is 5.54. The molecule has 1 aliphatic heterocycles. The molecule has 1 saturated carbocycles. The molecule has 1 aromatic heterocycles. The van der Waals surface area contributed by atoms with Crippen molar-refractivity contribution in [2.75, 3.05) is 13.2 Å². The number of hydrogen-bond acceptors (Lipinski definition) is 4. The van der Waals surface area contributed by atoms with E-state index in [1.807, 2.05) is 13.8 Å². The topological polar surface area (TPSA) is 71.7 Å². The fourth-order valence-corrected chi connectivity index (χ4v) is 4.17. The molecule has 142 valence electrons. The number of guanidine groups is 1. The molecule has 1 saturated heterocycles. The van der Waals surface area contributed by atoms with E-state index < -0.39 is 0 Å². The van der Waals surface area contributed by atoms with Gasteiger partial charge in [-0.2, -0.15) is 0 Å². The first-order valence-corrected chi connectivity index (χ1v) is 9.03. The zero-order valence-corrected chi connectivity index (χ0v) is 18.2. The first-order valence-electron chi connectivity index (χ1n) is 9.03. The van der Waals surface area contributed by atoms with Gasteiger partial charge in [0.2, 0.25) is 0 Å². The summed E-state index contributed by atoms with van der Waals surface area (Å²) < 4.78 is 11.2. The number of aliphatic imine (C=N–C) groups is 1. The molecule has 0 bridgehead atoms. The second kappa shape index (κ2) is 8.24. The average molecular weight is 462 g/mol. The zero-order chi connectivity index (χ0) is 17.3.